The van der Waals surface area contributed by atoms with Gasteiger partial charge in [-0.15, -0.1) is 0 Å². The van der Waals surface area contributed by atoms with Crippen molar-refractivity contribution in [2.24, 2.45) is 5.92 Å². The van der Waals surface area contributed by atoms with Crippen LogP contribution in [0.5, 0.6) is 0 Å². The molecule has 2 fully saturated rings. The largest absolute Gasteiger partial charge is 0.462 e. The number of amides is 3. The number of rotatable bonds is 10. The van der Waals surface area contributed by atoms with Crippen molar-refractivity contribution < 1.29 is 23.9 Å². The number of piperidine rings is 1. The lowest BCUT2D eigenvalue weighted by molar-refractivity contribution is -0.115. The molecule has 3 aromatic rings. The van der Waals surface area contributed by atoms with Crippen LogP contribution in [-0.2, 0) is 20.9 Å². The van der Waals surface area contributed by atoms with Crippen molar-refractivity contribution in [2.75, 3.05) is 36.5 Å². The van der Waals surface area contributed by atoms with Crippen LogP contribution in [0.25, 0.3) is 17.3 Å². The molecule has 0 radical (unpaired) electrons. The number of carbonyl (C=O) groups excluding carboxylic acids is 4. The maximum Gasteiger partial charge on any atom is 0.340 e. The summed E-state index contributed by atoms with van der Waals surface area (Å²) in [4.78, 5) is 63.7. The monoisotopic (exact) mass is 615 g/mol. The van der Waals surface area contributed by atoms with Crippen LogP contribution in [0, 0.1) is 5.92 Å². The molecule has 0 unspecified atom stereocenters. The standard InChI is InChI=1S/C31H33N7O5S/c1-3-43-29(41)25-13-21(18-34-27(25)22-5-4-6-23(14-22)35-19(2)39)17-32-16-20-8-11-38(12-9-20)30-33-10-7-24(36-30)15-26-28(40)37-31(42)44-26/h4-7,10,13-15,18,20,32H,3,8-9,11-12,16-17H2,1-2H3,(H,35,39)(H,37,40,42)/b26-15-. The number of nitrogens with zero attached hydrogens (tertiary/aromatic N) is 4. The van der Waals surface area contributed by atoms with Crippen LogP contribution < -0.4 is 20.9 Å². The van der Waals surface area contributed by atoms with Gasteiger partial charge in [-0.3, -0.25) is 24.7 Å². The van der Waals surface area contributed by atoms with Gasteiger partial charge in [0.05, 0.1) is 28.5 Å². The van der Waals surface area contributed by atoms with E-state index in [1.165, 1.54) is 6.92 Å². The number of thioether (sulfide) groups is 1. The van der Waals surface area contributed by atoms with E-state index in [4.69, 9.17) is 4.74 Å². The maximum absolute atomic E-state index is 12.9. The Balaban J connectivity index is 1.17. The summed E-state index contributed by atoms with van der Waals surface area (Å²) in [6.07, 6.45) is 6.91. The summed E-state index contributed by atoms with van der Waals surface area (Å²) in [6, 6.07) is 10.7. The Morgan fingerprint density at radius 2 is 1.98 bits per heavy atom. The molecule has 0 aliphatic carbocycles. The molecule has 228 valence electrons. The summed E-state index contributed by atoms with van der Waals surface area (Å²) in [5.74, 6) is 0.00901. The third kappa shape index (κ3) is 7.85. The van der Waals surface area contributed by atoms with Gasteiger partial charge >= 0.3 is 5.97 Å². The second-order valence-electron chi connectivity index (χ2n) is 10.4. The van der Waals surface area contributed by atoms with Crippen molar-refractivity contribution >= 4 is 52.5 Å². The topological polar surface area (TPSA) is 156 Å². The van der Waals surface area contributed by atoms with Crippen molar-refractivity contribution in [1.29, 1.82) is 0 Å². The number of carbonyl (C=O) groups is 4. The smallest absolute Gasteiger partial charge is 0.340 e. The molecular weight excluding hydrogens is 582 g/mol. The van der Waals surface area contributed by atoms with Gasteiger partial charge in [0.25, 0.3) is 11.1 Å². The van der Waals surface area contributed by atoms with Crippen molar-refractivity contribution in [3.05, 3.63) is 70.5 Å². The first-order valence-corrected chi connectivity index (χ1v) is 15.2. The normalized spacial score (nSPS) is 16.2. The lowest BCUT2D eigenvalue weighted by atomic mass is 9.97. The Kier molecular flexibility index (Phi) is 9.97. The third-order valence-corrected chi connectivity index (χ3v) is 7.95. The summed E-state index contributed by atoms with van der Waals surface area (Å²) in [5.41, 5.74) is 3.63. The Hall–Kier alpha value is -4.62. The fraction of sp³-hybridized carbons (Fsp3) is 0.323. The van der Waals surface area contributed by atoms with Gasteiger partial charge in [-0.25, -0.2) is 14.8 Å². The predicted molar refractivity (Wildman–Crippen MR) is 168 cm³/mol. The van der Waals surface area contributed by atoms with Crippen molar-refractivity contribution in [3.8, 4) is 11.3 Å². The van der Waals surface area contributed by atoms with Gasteiger partial charge in [-0.05, 0) is 79.9 Å². The maximum atomic E-state index is 12.9. The fourth-order valence-corrected chi connectivity index (χ4v) is 5.72. The van der Waals surface area contributed by atoms with Crippen molar-refractivity contribution in [2.45, 2.75) is 33.2 Å². The number of anilines is 2. The molecule has 2 saturated heterocycles. The molecule has 5 rings (SSSR count). The van der Waals surface area contributed by atoms with Crippen LogP contribution in [-0.4, -0.2) is 64.2 Å². The minimum absolute atomic E-state index is 0.182. The number of pyridine rings is 1. The minimum atomic E-state index is -0.449. The van der Waals surface area contributed by atoms with E-state index in [9.17, 15) is 19.2 Å². The molecule has 0 atom stereocenters. The third-order valence-electron chi connectivity index (χ3n) is 7.14. The van der Waals surface area contributed by atoms with Crippen LogP contribution in [0.4, 0.5) is 16.4 Å². The number of hydrogen-bond acceptors (Lipinski definition) is 11. The zero-order valence-electron chi connectivity index (χ0n) is 24.5. The molecule has 13 heteroatoms. The highest BCUT2D eigenvalue weighted by Crippen LogP contribution is 2.27. The summed E-state index contributed by atoms with van der Waals surface area (Å²) in [6.45, 7) is 6.38. The first kappa shape index (κ1) is 30.8. The molecule has 3 N–H and O–H groups in total. The number of aromatic nitrogens is 3. The lowest BCUT2D eigenvalue weighted by Crippen LogP contribution is -2.38. The molecule has 2 aliphatic rings. The summed E-state index contributed by atoms with van der Waals surface area (Å²) >= 11 is 0.863. The highest BCUT2D eigenvalue weighted by Gasteiger charge is 2.26. The van der Waals surface area contributed by atoms with E-state index >= 15 is 0 Å². The number of benzene rings is 1. The van der Waals surface area contributed by atoms with Gasteiger partial charge in [0.15, 0.2) is 0 Å². The molecule has 4 heterocycles. The fourth-order valence-electron chi connectivity index (χ4n) is 5.05. The molecule has 0 bridgehead atoms. The number of hydrogen-bond donors (Lipinski definition) is 3. The zero-order valence-corrected chi connectivity index (χ0v) is 25.3. The highest BCUT2D eigenvalue weighted by molar-refractivity contribution is 8.18. The van der Waals surface area contributed by atoms with Gasteiger partial charge in [0.1, 0.15) is 0 Å². The summed E-state index contributed by atoms with van der Waals surface area (Å²) in [7, 11) is 0. The Morgan fingerprint density at radius 1 is 1.16 bits per heavy atom. The Morgan fingerprint density at radius 3 is 2.70 bits per heavy atom. The highest BCUT2D eigenvalue weighted by atomic mass is 32.2. The second-order valence-corrected chi connectivity index (χ2v) is 11.4. The SMILES string of the molecule is CCOC(=O)c1cc(CNCC2CCN(c3nccc(/C=C4\SC(=O)NC4=O)n3)CC2)cnc1-c1cccc(NC(C)=O)c1. The molecule has 12 nitrogen and oxygen atoms in total. The van der Waals surface area contributed by atoms with E-state index in [1.807, 2.05) is 12.1 Å². The zero-order chi connectivity index (χ0) is 31.1. The Labute approximate surface area is 259 Å². The number of nitrogens with one attached hydrogen (secondary N) is 3. The molecule has 0 spiro atoms. The lowest BCUT2D eigenvalue weighted by Gasteiger charge is -2.32. The van der Waals surface area contributed by atoms with E-state index in [0.29, 0.717) is 51.5 Å². The molecule has 3 amide bonds. The minimum Gasteiger partial charge on any atom is -0.462 e. The van der Waals surface area contributed by atoms with Crippen molar-refractivity contribution in [3.63, 3.8) is 0 Å². The average Bonchev–Trinajstić information content (AvgIpc) is 3.33. The van der Waals surface area contributed by atoms with E-state index in [2.05, 4.69) is 35.8 Å². The van der Waals surface area contributed by atoms with Crippen molar-refractivity contribution in [1.82, 2.24) is 25.6 Å². The van der Waals surface area contributed by atoms with Crippen LogP contribution in [0.15, 0.2) is 53.7 Å². The molecule has 44 heavy (non-hydrogen) atoms. The molecular formula is C31H33N7O5S. The summed E-state index contributed by atoms with van der Waals surface area (Å²) in [5, 5.41) is 8.13. The van der Waals surface area contributed by atoms with E-state index in [1.54, 1.807) is 49.7 Å². The van der Waals surface area contributed by atoms with Crippen LogP contribution in [0.2, 0.25) is 0 Å². The predicted octanol–water partition coefficient (Wildman–Crippen LogP) is 4.00. The van der Waals surface area contributed by atoms with Crippen LogP contribution >= 0.6 is 11.8 Å². The second kappa shape index (κ2) is 14.2. The van der Waals surface area contributed by atoms with E-state index in [0.717, 1.165) is 49.8 Å². The summed E-state index contributed by atoms with van der Waals surface area (Å²) < 4.78 is 5.32. The van der Waals surface area contributed by atoms with E-state index < -0.39 is 11.9 Å². The molecule has 2 aromatic heterocycles. The average molecular weight is 616 g/mol. The van der Waals surface area contributed by atoms with Gasteiger partial charge < -0.3 is 20.3 Å². The van der Waals surface area contributed by atoms with Crippen LogP contribution in [0.1, 0.15) is 48.3 Å². The van der Waals surface area contributed by atoms with Gasteiger partial charge in [0, 0.05) is 50.2 Å². The number of ether oxygens (including phenoxy) is 1. The van der Waals surface area contributed by atoms with Gasteiger partial charge in [-0.1, -0.05) is 12.1 Å². The van der Waals surface area contributed by atoms with Gasteiger partial charge in [-0.2, -0.15) is 0 Å². The molecule has 0 saturated carbocycles. The van der Waals surface area contributed by atoms with E-state index in [-0.39, 0.29) is 17.8 Å². The molecule has 2 aliphatic heterocycles. The van der Waals surface area contributed by atoms with Crippen LogP contribution in [0.3, 0.4) is 0 Å². The van der Waals surface area contributed by atoms with Gasteiger partial charge in [0.2, 0.25) is 11.9 Å². The number of imide groups is 1. The Bertz CT molecular complexity index is 1600. The quantitative estimate of drug-likeness (QED) is 0.224. The molecule has 1 aromatic carbocycles. The first-order chi connectivity index (χ1) is 21.3. The first-order valence-electron chi connectivity index (χ1n) is 14.4. The number of esters is 1.